The van der Waals surface area contributed by atoms with E-state index in [1.54, 1.807) is 5.57 Å². The number of hydrogen-bond acceptors (Lipinski definition) is 4. The predicted octanol–water partition coefficient (Wildman–Crippen LogP) is 10.8. The van der Waals surface area contributed by atoms with Crippen LogP contribution in [0.2, 0.25) is 0 Å². The van der Waals surface area contributed by atoms with Crippen molar-refractivity contribution in [3.8, 4) is 0 Å². The molecule has 8 atom stereocenters. The van der Waals surface area contributed by atoms with E-state index in [1.165, 1.54) is 32.1 Å². The molecule has 1 amide bonds. The number of allylic oxidation sites excluding steroid dienone is 2. The van der Waals surface area contributed by atoms with Gasteiger partial charge in [-0.1, -0.05) is 106 Å². The van der Waals surface area contributed by atoms with Gasteiger partial charge in [0.25, 0.3) is 0 Å². The molecular weight excluding hydrogens is 622 g/mol. The Morgan fingerprint density at radius 1 is 0.800 bits per heavy atom. The molecule has 0 spiro atoms. The third-order valence-corrected chi connectivity index (χ3v) is 16.2. The van der Waals surface area contributed by atoms with Gasteiger partial charge in [-0.2, -0.15) is 0 Å². The molecule has 284 valence electrons. The van der Waals surface area contributed by atoms with E-state index in [1.807, 2.05) is 6.92 Å². The second-order valence-corrected chi connectivity index (χ2v) is 19.8. The zero-order chi connectivity index (χ0) is 36.6. The lowest BCUT2D eigenvalue weighted by Crippen LogP contribution is -2.65. The van der Waals surface area contributed by atoms with Crippen molar-refractivity contribution in [2.45, 2.75) is 190 Å². The smallest absolute Gasteiger partial charge is 0.305 e. The average molecular weight is 696 g/mol. The zero-order valence-electron chi connectivity index (χ0n) is 33.3. The van der Waals surface area contributed by atoms with Crippen LogP contribution in [0.15, 0.2) is 11.6 Å². The first-order valence-corrected chi connectivity index (χ1v) is 20.9. The summed E-state index contributed by atoms with van der Waals surface area (Å²) in [5.41, 5.74) is 2.02. The number of rotatable bonds is 14. The first-order chi connectivity index (χ1) is 23.5. The van der Waals surface area contributed by atoms with Gasteiger partial charge in [0.1, 0.15) is 6.10 Å². The minimum atomic E-state index is -0.691. The van der Waals surface area contributed by atoms with Crippen LogP contribution in [0.3, 0.4) is 0 Å². The summed E-state index contributed by atoms with van der Waals surface area (Å²) in [5, 5.41) is 12.3. The highest BCUT2D eigenvalue weighted by molar-refractivity contribution is 5.84. The molecule has 5 rings (SSSR count). The van der Waals surface area contributed by atoms with Crippen molar-refractivity contribution in [1.82, 2.24) is 5.32 Å². The van der Waals surface area contributed by atoms with E-state index >= 15 is 0 Å². The highest BCUT2D eigenvalue weighted by Gasteiger charge is 2.69. The molecule has 0 radical (unpaired) electrons. The topological polar surface area (TPSA) is 92.7 Å². The van der Waals surface area contributed by atoms with Crippen molar-refractivity contribution in [2.24, 2.45) is 50.2 Å². The lowest BCUT2D eigenvalue weighted by atomic mass is 9.33. The fraction of sp³-hybridized carbons (Fsp3) is 0.886. The van der Waals surface area contributed by atoms with Gasteiger partial charge in [-0.3, -0.25) is 14.4 Å². The van der Waals surface area contributed by atoms with Crippen molar-refractivity contribution >= 4 is 17.8 Å². The molecule has 5 aliphatic rings. The molecule has 6 nitrogen and oxygen atoms in total. The summed E-state index contributed by atoms with van der Waals surface area (Å²) >= 11 is 0. The van der Waals surface area contributed by atoms with Crippen LogP contribution in [-0.2, 0) is 19.1 Å². The second kappa shape index (κ2) is 14.9. The Kier molecular flexibility index (Phi) is 11.7. The number of ether oxygens (including phenoxy) is 1. The summed E-state index contributed by atoms with van der Waals surface area (Å²) in [7, 11) is 0. The van der Waals surface area contributed by atoms with E-state index < -0.39 is 5.97 Å². The summed E-state index contributed by atoms with van der Waals surface area (Å²) in [5.74, 6) is 1.00. The van der Waals surface area contributed by atoms with E-state index in [0.29, 0.717) is 30.1 Å². The average Bonchev–Trinajstić information content (AvgIpc) is 3.04. The molecule has 0 aromatic carbocycles. The number of amides is 1. The van der Waals surface area contributed by atoms with Crippen LogP contribution < -0.4 is 5.32 Å². The Balaban J connectivity index is 1.27. The molecule has 5 aliphatic carbocycles. The van der Waals surface area contributed by atoms with E-state index in [-0.39, 0.29) is 51.0 Å². The lowest BCUT2D eigenvalue weighted by molar-refractivity contribution is -0.212. The van der Waals surface area contributed by atoms with Crippen molar-refractivity contribution in [3.63, 3.8) is 0 Å². The molecule has 6 heteroatoms. The standard InChI is InChI=1S/C44H73NO5/c1-9-37(48)50-35-22-23-41(6)33(40(35,4)5)21-24-43(8)34(41)20-19-31-32-30-39(2,3)25-27-44(32,28-26-42(31,43)7)38(49)45-29-17-15-13-11-10-12-14-16-18-36(46)47/h19,32-35H,9-18,20-30H2,1-8H3,(H,45,49)(H,46,47)/t32-,33-,34+,35-,41-,42+,43+,44-/m0/s1. The quantitative estimate of drug-likeness (QED) is 0.107. The van der Waals surface area contributed by atoms with Gasteiger partial charge >= 0.3 is 11.9 Å². The maximum atomic E-state index is 14.4. The maximum absolute atomic E-state index is 14.4. The molecule has 4 saturated carbocycles. The Bertz CT molecular complexity index is 1280. The molecule has 0 unspecified atom stereocenters. The number of carbonyl (C=O) groups excluding carboxylic acids is 2. The number of nitrogens with one attached hydrogen (secondary N) is 1. The number of esters is 1. The highest BCUT2D eigenvalue weighted by atomic mass is 16.5. The van der Waals surface area contributed by atoms with E-state index in [2.05, 4.69) is 59.9 Å². The minimum absolute atomic E-state index is 0.00259. The van der Waals surface area contributed by atoms with Crippen molar-refractivity contribution in [3.05, 3.63) is 11.6 Å². The number of unbranched alkanes of at least 4 members (excludes halogenated alkanes) is 7. The highest BCUT2D eigenvalue weighted by Crippen LogP contribution is 2.75. The van der Waals surface area contributed by atoms with Crippen LogP contribution in [0.1, 0.15) is 184 Å². The number of carboxylic acids is 1. The number of aliphatic carboxylic acids is 1. The third-order valence-electron chi connectivity index (χ3n) is 16.2. The predicted molar refractivity (Wildman–Crippen MR) is 201 cm³/mol. The van der Waals surface area contributed by atoms with Crippen LogP contribution in [-0.4, -0.2) is 35.6 Å². The summed E-state index contributed by atoms with van der Waals surface area (Å²) in [4.78, 5) is 37.5. The van der Waals surface area contributed by atoms with Gasteiger partial charge in [-0.25, -0.2) is 0 Å². The molecule has 4 fully saturated rings. The number of carboxylic acid groups (broad SMARTS) is 1. The van der Waals surface area contributed by atoms with Gasteiger partial charge in [-0.15, -0.1) is 0 Å². The van der Waals surface area contributed by atoms with Crippen LogP contribution in [0.4, 0.5) is 0 Å². The molecule has 50 heavy (non-hydrogen) atoms. The van der Waals surface area contributed by atoms with Gasteiger partial charge in [0, 0.05) is 24.8 Å². The van der Waals surface area contributed by atoms with E-state index in [9.17, 15) is 14.4 Å². The fourth-order valence-corrected chi connectivity index (χ4v) is 12.9. The Labute approximate surface area is 305 Å². The summed E-state index contributed by atoms with van der Waals surface area (Å²) in [6.07, 6.45) is 22.9. The fourth-order valence-electron chi connectivity index (χ4n) is 12.9. The number of fused-ring (bicyclic) bond motifs is 7. The lowest BCUT2D eigenvalue weighted by Gasteiger charge is -2.71. The third kappa shape index (κ3) is 7.10. The van der Waals surface area contributed by atoms with Crippen molar-refractivity contribution in [1.29, 1.82) is 0 Å². The largest absolute Gasteiger partial charge is 0.481 e. The van der Waals surface area contributed by atoms with Gasteiger partial charge in [0.05, 0.1) is 5.41 Å². The molecule has 0 aromatic heterocycles. The maximum Gasteiger partial charge on any atom is 0.305 e. The second-order valence-electron chi connectivity index (χ2n) is 19.8. The van der Waals surface area contributed by atoms with Gasteiger partial charge in [-0.05, 0) is 116 Å². The number of hydrogen-bond donors (Lipinski definition) is 2. The summed E-state index contributed by atoms with van der Waals surface area (Å²) in [6, 6.07) is 0. The van der Waals surface area contributed by atoms with Crippen molar-refractivity contribution < 1.29 is 24.2 Å². The normalized spacial score (nSPS) is 38.4. The molecule has 0 aromatic rings. The summed E-state index contributed by atoms with van der Waals surface area (Å²) < 4.78 is 6.10. The van der Waals surface area contributed by atoms with Crippen LogP contribution in [0, 0.1) is 50.2 Å². The molecule has 2 N–H and O–H groups in total. The molecular formula is C44H73NO5. The van der Waals surface area contributed by atoms with Gasteiger partial charge < -0.3 is 15.2 Å². The minimum Gasteiger partial charge on any atom is -0.481 e. The molecule has 0 heterocycles. The summed E-state index contributed by atoms with van der Waals surface area (Å²) in [6.45, 7) is 20.1. The van der Waals surface area contributed by atoms with Crippen LogP contribution in [0.5, 0.6) is 0 Å². The van der Waals surface area contributed by atoms with Crippen molar-refractivity contribution in [2.75, 3.05) is 6.54 Å². The first-order valence-electron chi connectivity index (χ1n) is 20.9. The molecule has 0 bridgehead atoms. The first kappa shape index (κ1) is 39.4. The van der Waals surface area contributed by atoms with E-state index in [4.69, 9.17) is 9.84 Å². The Morgan fingerprint density at radius 2 is 1.44 bits per heavy atom. The van der Waals surface area contributed by atoms with E-state index in [0.717, 1.165) is 90.0 Å². The van der Waals surface area contributed by atoms with Gasteiger partial charge in [0.2, 0.25) is 5.91 Å². The van der Waals surface area contributed by atoms with Gasteiger partial charge in [0.15, 0.2) is 0 Å². The van der Waals surface area contributed by atoms with Crippen LogP contribution in [0.25, 0.3) is 0 Å². The Hall–Kier alpha value is -1.85. The SMILES string of the molecule is CCC(=O)O[C@H]1CC[C@]2(C)[C@H]3CC=C4[C@@H]5CC(C)(C)CC[C@]5(C(=O)NCCCCCCCCCCC(=O)O)CC[C@@]4(C)[C@]3(C)CC[C@H]2C1(C)C. The number of carbonyl (C=O) groups is 3. The zero-order valence-corrected chi connectivity index (χ0v) is 33.3. The monoisotopic (exact) mass is 696 g/mol. The van der Waals surface area contributed by atoms with Crippen LogP contribution >= 0.6 is 0 Å². The molecule has 0 aliphatic heterocycles. The molecule has 0 saturated heterocycles. The Morgan fingerprint density at radius 3 is 2.10 bits per heavy atom.